The van der Waals surface area contributed by atoms with Gasteiger partial charge in [0, 0.05) is 44.5 Å². The van der Waals surface area contributed by atoms with E-state index in [1.165, 1.54) is 10.7 Å². The second kappa shape index (κ2) is 9.91. The lowest BCUT2D eigenvalue weighted by Gasteiger charge is -2.41. The third kappa shape index (κ3) is 4.07. The molecule has 1 N–H and O–H groups in total. The van der Waals surface area contributed by atoms with Crippen molar-refractivity contribution in [3.05, 3.63) is 30.0 Å². The Bertz CT molecular complexity index is 1750. The third-order valence-electron chi connectivity index (χ3n) is 9.76. The van der Waals surface area contributed by atoms with Crippen LogP contribution in [0.15, 0.2) is 18.3 Å². The zero-order valence-electron chi connectivity index (χ0n) is 24.1. The Balaban J connectivity index is 1.31. The second-order valence-corrected chi connectivity index (χ2v) is 12.2. The number of pyridine rings is 1. The first kappa shape index (κ1) is 26.9. The molecule has 4 aliphatic rings. The Morgan fingerprint density at radius 3 is 2.93 bits per heavy atom. The van der Waals surface area contributed by atoms with Gasteiger partial charge in [0.25, 0.3) is 0 Å². The summed E-state index contributed by atoms with van der Waals surface area (Å²) >= 11 is 0. The van der Waals surface area contributed by atoms with Crippen LogP contribution in [0.25, 0.3) is 33.1 Å². The number of ether oxygens (including phenoxy) is 2. The maximum atomic E-state index is 16.8. The van der Waals surface area contributed by atoms with Crippen molar-refractivity contribution in [2.45, 2.75) is 56.4 Å². The molecule has 3 fully saturated rings. The van der Waals surface area contributed by atoms with Crippen molar-refractivity contribution >= 4 is 27.6 Å². The van der Waals surface area contributed by atoms with Gasteiger partial charge in [-0.25, -0.2) is 18.2 Å². The Labute approximate surface area is 246 Å². The summed E-state index contributed by atoms with van der Waals surface area (Å²) in [5, 5.41) is 8.78. The number of halogens is 3. The fourth-order valence-corrected chi connectivity index (χ4v) is 7.70. The molecule has 0 spiro atoms. The van der Waals surface area contributed by atoms with Crippen LogP contribution in [0.2, 0.25) is 0 Å². The van der Waals surface area contributed by atoms with Crippen LogP contribution in [0.4, 0.5) is 19.0 Å². The first-order valence-corrected chi connectivity index (χ1v) is 15.0. The summed E-state index contributed by atoms with van der Waals surface area (Å²) in [6.45, 7) is 5.12. The van der Waals surface area contributed by atoms with Crippen LogP contribution >= 0.6 is 0 Å². The largest absolute Gasteiger partial charge is 0.475 e. The van der Waals surface area contributed by atoms with E-state index in [2.05, 4.69) is 37.1 Å². The van der Waals surface area contributed by atoms with Crippen LogP contribution in [0, 0.1) is 11.6 Å². The van der Waals surface area contributed by atoms with Crippen molar-refractivity contribution in [2.75, 3.05) is 44.3 Å². The number of rotatable bonds is 5. The first-order chi connectivity index (χ1) is 20.9. The number of hydrogen-bond donors (Lipinski definition) is 1. The van der Waals surface area contributed by atoms with Crippen LogP contribution < -0.4 is 19.7 Å². The molecule has 8 rings (SSSR count). The standard InChI is InChI=1S/C30H33F3N8O2/c1-3-19-20-14-42-28-22-25(23(33)24(36-28)21-18(32)6-5-16-12-35-39(2)26(16)21)37-29(38-27(22)41(20)10-8-34-19)43-15-30-7-4-9-40(30)13-17(31)11-30/h5-6,12,17,19-20,34H,3-4,7-11,13-15H2,1-2H3/t17-,19+,20-,30+/m1/s1. The number of hydrogen-bond acceptors (Lipinski definition) is 9. The number of benzene rings is 1. The lowest BCUT2D eigenvalue weighted by atomic mass is 9.95. The molecular weight excluding hydrogens is 561 g/mol. The van der Waals surface area contributed by atoms with E-state index in [9.17, 15) is 4.39 Å². The number of aryl methyl sites for hydroxylation is 1. The quantitative estimate of drug-likeness (QED) is 0.371. The van der Waals surface area contributed by atoms with Crippen molar-refractivity contribution in [3.8, 4) is 23.1 Å². The molecule has 0 bridgehead atoms. The molecule has 1 aromatic carbocycles. The Morgan fingerprint density at radius 2 is 2.07 bits per heavy atom. The SMILES string of the molecule is CC[C@@H]1NCCN2c3nc(OC[C@@]45CCCN4C[C@H](F)C5)nc4c(F)c(-c5c(F)ccc6cnn(C)c56)nc(c34)OC[C@H]12. The molecule has 7 heterocycles. The van der Waals surface area contributed by atoms with Crippen LogP contribution in [-0.4, -0.2) is 92.8 Å². The summed E-state index contributed by atoms with van der Waals surface area (Å²) in [7, 11) is 1.68. The van der Waals surface area contributed by atoms with E-state index < -0.39 is 23.3 Å². The molecular formula is C30H33F3N8O2. The number of fused-ring (bicyclic) bond motifs is 4. The number of nitrogens with one attached hydrogen (secondary N) is 1. The number of alkyl halides is 1. The summed E-state index contributed by atoms with van der Waals surface area (Å²) in [5.41, 5.74) is -0.305. The molecule has 4 aliphatic heterocycles. The van der Waals surface area contributed by atoms with Gasteiger partial charge in [-0.05, 0) is 37.9 Å². The minimum Gasteiger partial charge on any atom is -0.475 e. The smallest absolute Gasteiger partial charge is 0.319 e. The topological polar surface area (TPSA) is 93.5 Å². The number of anilines is 1. The van der Waals surface area contributed by atoms with Crippen LogP contribution in [-0.2, 0) is 7.05 Å². The normalized spacial score (nSPS) is 26.9. The average molecular weight is 595 g/mol. The molecule has 0 amide bonds. The molecule has 3 aromatic heterocycles. The summed E-state index contributed by atoms with van der Waals surface area (Å²) < 4.78 is 60.8. The Kier molecular flexibility index (Phi) is 6.20. The molecule has 0 unspecified atom stereocenters. The summed E-state index contributed by atoms with van der Waals surface area (Å²) in [6, 6.07) is 2.89. The van der Waals surface area contributed by atoms with Crippen molar-refractivity contribution < 1.29 is 22.6 Å². The third-order valence-corrected chi connectivity index (χ3v) is 9.76. The zero-order chi connectivity index (χ0) is 29.5. The zero-order valence-corrected chi connectivity index (χ0v) is 24.1. The fourth-order valence-electron chi connectivity index (χ4n) is 7.70. The van der Waals surface area contributed by atoms with Gasteiger partial charge in [0.05, 0.1) is 28.9 Å². The van der Waals surface area contributed by atoms with Gasteiger partial charge in [-0.15, -0.1) is 0 Å². The van der Waals surface area contributed by atoms with Gasteiger partial charge in [0.2, 0.25) is 5.88 Å². The monoisotopic (exact) mass is 594 g/mol. The van der Waals surface area contributed by atoms with Crippen molar-refractivity contribution in [1.29, 1.82) is 0 Å². The highest BCUT2D eigenvalue weighted by molar-refractivity contribution is 6.00. The van der Waals surface area contributed by atoms with Gasteiger partial charge in [-0.1, -0.05) is 6.92 Å². The van der Waals surface area contributed by atoms with E-state index in [4.69, 9.17) is 14.5 Å². The predicted octanol–water partition coefficient (Wildman–Crippen LogP) is 3.76. The highest BCUT2D eigenvalue weighted by Gasteiger charge is 2.49. The van der Waals surface area contributed by atoms with Gasteiger partial charge < -0.3 is 19.7 Å². The molecule has 43 heavy (non-hydrogen) atoms. The van der Waals surface area contributed by atoms with E-state index in [1.54, 1.807) is 19.3 Å². The molecule has 0 saturated carbocycles. The first-order valence-electron chi connectivity index (χ1n) is 15.0. The highest BCUT2D eigenvalue weighted by Crippen LogP contribution is 2.44. The minimum atomic E-state index is -0.908. The number of piperazine rings is 1. The lowest BCUT2D eigenvalue weighted by molar-refractivity contribution is 0.107. The lowest BCUT2D eigenvalue weighted by Crippen LogP contribution is -2.60. The van der Waals surface area contributed by atoms with Crippen molar-refractivity contribution in [1.82, 2.24) is 34.9 Å². The summed E-state index contributed by atoms with van der Waals surface area (Å²) in [6.07, 6.45) is 3.72. The van der Waals surface area contributed by atoms with Crippen LogP contribution in [0.3, 0.4) is 0 Å². The molecule has 13 heteroatoms. The maximum Gasteiger partial charge on any atom is 0.319 e. The van der Waals surface area contributed by atoms with E-state index in [0.717, 1.165) is 25.8 Å². The minimum absolute atomic E-state index is 0.000483. The van der Waals surface area contributed by atoms with Gasteiger partial charge in [0.15, 0.2) is 5.82 Å². The Morgan fingerprint density at radius 1 is 1.19 bits per heavy atom. The van der Waals surface area contributed by atoms with Crippen LogP contribution in [0.5, 0.6) is 11.9 Å². The van der Waals surface area contributed by atoms with Crippen molar-refractivity contribution in [2.24, 2.45) is 7.05 Å². The van der Waals surface area contributed by atoms with Gasteiger partial charge in [-0.3, -0.25) is 9.58 Å². The molecule has 4 atom stereocenters. The van der Waals surface area contributed by atoms with E-state index in [1.807, 2.05) is 0 Å². The van der Waals surface area contributed by atoms with Crippen molar-refractivity contribution in [3.63, 3.8) is 0 Å². The van der Waals surface area contributed by atoms with E-state index in [0.29, 0.717) is 48.2 Å². The van der Waals surface area contributed by atoms with Gasteiger partial charge >= 0.3 is 6.01 Å². The van der Waals surface area contributed by atoms with E-state index in [-0.39, 0.29) is 54.0 Å². The maximum absolute atomic E-state index is 16.8. The molecule has 226 valence electrons. The Hall–Kier alpha value is -3.71. The van der Waals surface area contributed by atoms with Crippen LogP contribution in [0.1, 0.15) is 32.6 Å². The number of aromatic nitrogens is 5. The predicted molar refractivity (Wildman–Crippen MR) is 154 cm³/mol. The molecule has 4 aromatic rings. The van der Waals surface area contributed by atoms with Gasteiger partial charge in [0.1, 0.15) is 47.6 Å². The summed E-state index contributed by atoms with van der Waals surface area (Å²) in [5.74, 6) is -0.810. The molecule has 10 nitrogen and oxygen atoms in total. The highest BCUT2D eigenvalue weighted by atomic mass is 19.1. The second-order valence-electron chi connectivity index (χ2n) is 12.2. The fraction of sp³-hybridized carbons (Fsp3) is 0.533. The van der Waals surface area contributed by atoms with Gasteiger partial charge in [-0.2, -0.15) is 15.1 Å². The number of nitrogens with zero attached hydrogens (tertiary/aromatic N) is 7. The summed E-state index contributed by atoms with van der Waals surface area (Å²) in [4.78, 5) is 18.3. The molecule has 3 saturated heterocycles. The molecule has 0 radical (unpaired) electrons. The average Bonchev–Trinajstić information content (AvgIpc) is 3.63. The van der Waals surface area contributed by atoms with E-state index >= 15 is 8.78 Å². The molecule has 0 aliphatic carbocycles.